The summed E-state index contributed by atoms with van der Waals surface area (Å²) in [4.78, 5) is 30.5. The minimum Gasteiger partial charge on any atom is -0.341 e. The number of carbonyl (C=O) groups is 1. The maximum absolute atomic E-state index is 13.6. The zero-order valence-electron chi connectivity index (χ0n) is 20.5. The highest BCUT2D eigenvalue weighted by Crippen LogP contribution is 2.38. The number of nitrogens with zero attached hydrogens (tertiary/aromatic N) is 3. The van der Waals surface area contributed by atoms with Crippen LogP contribution in [0.15, 0.2) is 47.3 Å². The van der Waals surface area contributed by atoms with Gasteiger partial charge in [-0.05, 0) is 54.4 Å². The number of hydrogen-bond acceptors (Lipinski definition) is 4. The molecule has 1 fully saturated rings. The standard InChI is InChI=1S/C25H24F7N5O2/c1-36(11-14-8-16(24(27,28)29)10-17(9-14)25(30,31)32)22(38)19-6-7-37(13-21-33-23(39)35-34-21)12-20(19)15-2-4-18(26)5-3-15/h2-5,8-10,19-20H,6-7,11-13H2,1H3,(H2,33,34,35,39)/t19-,20+/m1/s1. The Hall–Kier alpha value is -3.68. The van der Waals surface area contributed by atoms with Gasteiger partial charge in [0.05, 0.1) is 17.7 Å². The van der Waals surface area contributed by atoms with Gasteiger partial charge in [-0.1, -0.05) is 12.1 Å². The largest absolute Gasteiger partial charge is 0.416 e. The molecule has 1 saturated heterocycles. The van der Waals surface area contributed by atoms with Crippen LogP contribution in [0.3, 0.4) is 0 Å². The van der Waals surface area contributed by atoms with Crippen LogP contribution in [0.25, 0.3) is 0 Å². The second-order valence-electron chi connectivity index (χ2n) is 9.52. The molecule has 1 amide bonds. The van der Waals surface area contributed by atoms with Crippen LogP contribution in [0, 0.1) is 11.7 Å². The molecule has 1 aromatic heterocycles. The molecule has 2 atom stereocenters. The molecule has 0 bridgehead atoms. The highest BCUT2D eigenvalue weighted by Gasteiger charge is 2.39. The Morgan fingerprint density at radius 3 is 2.21 bits per heavy atom. The summed E-state index contributed by atoms with van der Waals surface area (Å²) in [7, 11) is 1.32. The molecule has 0 saturated carbocycles. The fourth-order valence-corrected chi connectivity index (χ4v) is 4.84. The average molecular weight is 559 g/mol. The van der Waals surface area contributed by atoms with E-state index in [9.17, 15) is 40.3 Å². The van der Waals surface area contributed by atoms with Crippen LogP contribution in [0.4, 0.5) is 30.7 Å². The van der Waals surface area contributed by atoms with Crippen molar-refractivity contribution in [1.29, 1.82) is 0 Å². The van der Waals surface area contributed by atoms with Gasteiger partial charge in [-0.25, -0.2) is 14.3 Å². The predicted molar refractivity (Wildman–Crippen MR) is 125 cm³/mol. The Bertz CT molecular complexity index is 1330. The van der Waals surface area contributed by atoms with E-state index in [1.165, 1.54) is 31.3 Å². The molecule has 210 valence electrons. The van der Waals surface area contributed by atoms with Crippen molar-refractivity contribution in [2.75, 3.05) is 20.1 Å². The molecule has 2 aromatic carbocycles. The highest BCUT2D eigenvalue weighted by atomic mass is 19.4. The van der Waals surface area contributed by atoms with Gasteiger partial charge in [-0.3, -0.25) is 14.7 Å². The number of amides is 1. The molecule has 0 spiro atoms. The lowest BCUT2D eigenvalue weighted by Crippen LogP contribution is -2.45. The molecule has 2 heterocycles. The second kappa shape index (κ2) is 10.8. The van der Waals surface area contributed by atoms with E-state index >= 15 is 0 Å². The maximum Gasteiger partial charge on any atom is 0.416 e. The number of piperidine rings is 1. The highest BCUT2D eigenvalue weighted by molar-refractivity contribution is 5.80. The lowest BCUT2D eigenvalue weighted by Gasteiger charge is -2.39. The number of carbonyl (C=O) groups excluding carboxylic acids is 1. The fraction of sp³-hybridized carbons (Fsp3) is 0.400. The number of H-pyrrole nitrogens is 2. The van der Waals surface area contributed by atoms with E-state index in [1.54, 1.807) is 0 Å². The first-order chi connectivity index (χ1) is 18.2. The van der Waals surface area contributed by atoms with Crippen molar-refractivity contribution in [1.82, 2.24) is 25.0 Å². The molecule has 1 aliphatic heterocycles. The third kappa shape index (κ3) is 6.85. The monoisotopic (exact) mass is 559 g/mol. The molecule has 2 N–H and O–H groups in total. The van der Waals surface area contributed by atoms with Gasteiger partial charge < -0.3 is 4.90 Å². The Labute approximate surface area is 217 Å². The predicted octanol–water partition coefficient (Wildman–Crippen LogP) is 4.54. The van der Waals surface area contributed by atoms with Crippen LogP contribution in [0.1, 0.15) is 40.4 Å². The first-order valence-electron chi connectivity index (χ1n) is 11.9. The van der Waals surface area contributed by atoms with Gasteiger partial charge in [0.15, 0.2) is 0 Å². The summed E-state index contributed by atoms with van der Waals surface area (Å²) in [6.45, 7) is 0.499. The number of aromatic nitrogens is 3. The smallest absolute Gasteiger partial charge is 0.341 e. The normalized spacial score (nSPS) is 18.8. The number of halogens is 7. The molecule has 14 heteroatoms. The van der Waals surface area contributed by atoms with Crippen molar-refractivity contribution in [3.8, 4) is 0 Å². The van der Waals surface area contributed by atoms with Crippen LogP contribution in [0.2, 0.25) is 0 Å². The number of aromatic amines is 2. The molecule has 4 rings (SSSR count). The van der Waals surface area contributed by atoms with Gasteiger partial charge in [-0.15, -0.1) is 0 Å². The summed E-state index contributed by atoms with van der Waals surface area (Å²) < 4.78 is 93.3. The van der Waals surface area contributed by atoms with E-state index in [-0.39, 0.29) is 18.2 Å². The SMILES string of the molecule is CN(Cc1cc(C(F)(F)F)cc(C(F)(F)F)c1)C(=O)[C@@H]1CCN(Cc2n[nH]c(=O)[nH]2)C[C@H]1c1ccc(F)cc1. The Morgan fingerprint density at radius 1 is 1.05 bits per heavy atom. The van der Waals surface area contributed by atoms with E-state index in [4.69, 9.17) is 0 Å². The number of nitrogens with one attached hydrogen (secondary N) is 2. The second-order valence-corrected chi connectivity index (χ2v) is 9.52. The summed E-state index contributed by atoms with van der Waals surface area (Å²) in [5.41, 5.74) is -3.06. The number of hydrogen-bond donors (Lipinski definition) is 2. The van der Waals surface area contributed by atoms with Gasteiger partial charge in [0.2, 0.25) is 5.91 Å². The Kier molecular flexibility index (Phi) is 7.87. The van der Waals surface area contributed by atoms with Gasteiger partial charge in [0.25, 0.3) is 0 Å². The summed E-state index contributed by atoms with van der Waals surface area (Å²) in [6, 6.07) is 6.79. The van der Waals surface area contributed by atoms with Crippen LogP contribution in [-0.2, 0) is 30.2 Å². The van der Waals surface area contributed by atoms with Crippen molar-refractivity contribution in [3.05, 3.63) is 86.8 Å². The summed E-state index contributed by atoms with van der Waals surface area (Å²) >= 11 is 0. The van der Waals surface area contributed by atoms with Crippen molar-refractivity contribution in [2.24, 2.45) is 5.92 Å². The topological polar surface area (TPSA) is 85.1 Å². The third-order valence-corrected chi connectivity index (χ3v) is 6.68. The van der Waals surface area contributed by atoms with Crippen molar-refractivity contribution in [2.45, 2.75) is 37.8 Å². The molecule has 0 aliphatic carbocycles. The van der Waals surface area contributed by atoms with Gasteiger partial charge >= 0.3 is 18.0 Å². The fourth-order valence-electron chi connectivity index (χ4n) is 4.84. The van der Waals surface area contributed by atoms with Crippen LogP contribution < -0.4 is 5.69 Å². The minimum absolute atomic E-state index is 0.0399. The lowest BCUT2D eigenvalue weighted by molar-refractivity contribution is -0.143. The van der Waals surface area contributed by atoms with Gasteiger partial charge in [0, 0.05) is 32.0 Å². The maximum atomic E-state index is 13.6. The van der Waals surface area contributed by atoms with E-state index in [0.717, 1.165) is 4.90 Å². The van der Waals surface area contributed by atoms with Crippen molar-refractivity contribution >= 4 is 5.91 Å². The minimum atomic E-state index is -5.00. The lowest BCUT2D eigenvalue weighted by atomic mass is 9.79. The zero-order valence-corrected chi connectivity index (χ0v) is 20.5. The Balaban J connectivity index is 1.57. The molecule has 0 unspecified atom stereocenters. The third-order valence-electron chi connectivity index (χ3n) is 6.68. The molecular formula is C25H24F7N5O2. The van der Waals surface area contributed by atoms with Crippen LogP contribution in [0.5, 0.6) is 0 Å². The first-order valence-corrected chi connectivity index (χ1v) is 11.9. The summed E-state index contributed by atoms with van der Waals surface area (Å²) in [6.07, 6.45) is -9.70. The van der Waals surface area contributed by atoms with Crippen LogP contribution >= 0.6 is 0 Å². The summed E-state index contributed by atoms with van der Waals surface area (Å²) in [5.74, 6) is -1.71. The van der Waals surface area contributed by atoms with Gasteiger partial charge in [0.1, 0.15) is 11.6 Å². The number of alkyl halides is 6. The first kappa shape index (κ1) is 28.3. The molecule has 1 aliphatic rings. The van der Waals surface area contributed by atoms with Crippen LogP contribution in [-0.4, -0.2) is 51.0 Å². The van der Waals surface area contributed by atoms with Crippen molar-refractivity contribution in [3.63, 3.8) is 0 Å². The van der Waals surface area contributed by atoms with E-state index in [2.05, 4.69) is 15.2 Å². The van der Waals surface area contributed by atoms with E-state index in [0.29, 0.717) is 43.0 Å². The molecule has 7 nitrogen and oxygen atoms in total. The van der Waals surface area contributed by atoms with E-state index in [1.807, 2.05) is 4.90 Å². The van der Waals surface area contributed by atoms with E-state index < -0.39 is 59.3 Å². The number of rotatable bonds is 6. The van der Waals surface area contributed by atoms with Crippen molar-refractivity contribution < 1.29 is 35.5 Å². The molecule has 0 radical (unpaired) electrons. The molecule has 39 heavy (non-hydrogen) atoms. The zero-order chi connectivity index (χ0) is 28.5. The molecular weight excluding hydrogens is 535 g/mol. The quantitative estimate of drug-likeness (QED) is 0.435. The summed E-state index contributed by atoms with van der Waals surface area (Å²) in [5, 5.41) is 6.15. The number of benzene rings is 2. The average Bonchev–Trinajstić information content (AvgIpc) is 3.27. The van der Waals surface area contributed by atoms with Gasteiger partial charge in [-0.2, -0.15) is 31.4 Å². The number of likely N-dealkylation sites (tertiary alicyclic amines) is 1. The molecule has 3 aromatic rings. The Morgan fingerprint density at radius 2 is 1.67 bits per heavy atom.